The molecule has 2 fully saturated rings. The molecule has 0 unspecified atom stereocenters. The second-order valence-electron chi connectivity index (χ2n) is 7.94. The van der Waals surface area contributed by atoms with Gasteiger partial charge in [-0.2, -0.15) is 0 Å². The highest BCUT2D eigenvalue weighted by atomic mass is 16.2. The number of piperidine rings is 1. The van der Waals surface area contributed by atoms with Crippen LogP contribution in [0.1, 0.15) is 25.1 Å². The Hall–Kier alpha value is -2.61. The number of rotatable bonds is 4. The Bertz CT molecular complexity index is 865. The van der Waals surface area contributed by atoms with Gasteiger partial charge in [-0.3, -0.25) is 9.69 Å². The average Bonchev–Trinajstić information content (AvgIpc) is 3.09. The fraction of sp³-hybridized carbons (Fsp3) is 0.571. The quantitative estimate of drug-likeness (QED) is 0.845. The van der Waals surface area contributed by atoms with Gasteiger partial charge in [0.25, 0.3) is 0 Å². The summed E-state index contributed by atoms with van der Waals surface area (Å²) in [7, 11) is 1.97. The number of urea groups is 1. The van der Waals surface area contributed by atoms with Gasteiger partial charge in [-0.25, -0.2) is 9.78 Å². The van der Waals surface area contributed by atoms with Crippen molar-refractivity contribution in [3.63, 3.8) is 0 Å². The van der Waals surface area contributed by atoms with Gasteiger partial charge in [-0.05, 0) is 31.4 Å². The molecule has 8 nitrogen and oxygen atoms in total. The largest absolute Gasteiger partial charge is 0.342 e. The van der Waals surface area contributed by atoms with Gasteiger partial charge in [-0.15, -0.1) is 0 Å². The van der Waals surface area contributed by atoms with E-state index in [4.69, 9.17) is 0 Å². The first-order valence-corrected chi connectivity index (χ1v) is 10.5. The van der Waals surface area contributed by atoms with Crippen molar-refractivity contribution in [2.24, 2.45) is 7.05 Å². The Morgan fingerprint density at radius 1 is 0.966 bits per heavy atom. The van der Waals surface area contributed by atoms with Crippen LogP contribution in [0.15, 0.2) is 24.3 Å². The standard InChI is InChI=1S/C21H30N6O2/c1-24-18-8-4-3-7-17(18)23-19(24)15-22-21(29)27-13-11-25(12-14-27)16-20(28)26-9-5-2-6-10-26/h3-4,7-8H,2,5-6,9-16H2,1H3,(H,22,29). The lowest BCUT2D eigenvalue weighted by Crippen LogP contribution is -2.54. The maximum atomic E-state index is 12.6. The maximum Gasteiger partial charge on any atom is 0.317 e. The summed E-state index contributed by atoms with van der Waals surface area (Å²) in [5.74, 6) is 1.06. The third kappa shape index (κ3) is 4.53. The number of carbonyl (C=O) groups excluding carboxylic acids is 2. The van der Waals surface area contributed by atoms with Crippen LogP contribution in [0, 0.1) is 0 Å². The molecular formula is C21H30N6O2. The van der Waals surface area contributed by atoms with Gasteiger partial charge in [0, 0.05) is 46.3 Å². The number of amides is 3. The van der Waals surface area contributed by atoms with Gasteiger partial charge >= 0.3 is 6.03 Å². The number of para-hydroxylation sites is 2. The summed E-state index contributed by atoms with van der Waals surface area (Å²) >= 11 is 0. The third-order valence-electron chi connectivity index (χ3n) is 6.00. The summed E-state index contributed by atoms with van der Waals surface area (Å²) in [4.78, 5) is 35.6. The van der Waals surface area contributed by atoms with Gasteiger partial charge in [0.15, 0.2) is 0 Å². The molecule has 29 heavy (non-hydrogen) atoms. The van der Waals surface area contributed by atoms with E-state index in [2.05, 4.69) is 15.2 Å². The van der Waals surface area contributed by atoms with Crippen LogP contribution in [0.3, 0.4) is 0 Å². The highest BCUT2D eigenvalue weighted by Crippen LogP contribution is 2.14. The molecule has 1 aromatic carbocycles. The molecule has 156 valence electrons. The molecule has 2 saturated heterocycles. The molecule has 4 rings (SSSR count). The lowest BCUT2D eigenvalue weighted by atomic mass is 10.1. The number of nitrogens with zero attached hydrogens (tertiary/aromatic N) is 5. The van der Waals surface area contributed by atoms with E-state index in [0.717, 1.165) is 55.9 Å². The number of fused-ring (bicyclic) bond motifs is 1. The van der Waals surface area contributed by atoms with Crippen molar-refractivity contribution in [3.05, 3.63) is 30.1 Å². The van der Waals surface area contributed by atoms with Crippen molar-refractivity contribution < 1.29 is 9.59 Å². The number of hydrogen-bond donors (Lipinski definition) is 1. The number of carbonyl (C=O) groups is 2. The van der Waals surface area contributed by atoms with Crippen LogP contribution in [0.4, 0.5) is 4.79 Å². The number of nitrogens with one attached hydrogen (secondary N) is 1. The van der Waals surface area contributed by atoms with E-state index in [1.807, 2.05) is 45.7 Å². The molecule has 8 heteroatoms. The van der Waals surface area contributed by atoms with E-state index >= 15 is 0 Å². The zero-order chi connectivity index (χ0) is 20.2. The summed E-state index contributed by atoms with van der Waals surface area (Å²) in [5.41, 5.74) is 2.00. The molecular weight excluding hydrogens is 368 g/mol. The summed E-state index contributed by atoms with van der Waals surface area (Å²) in [6.45, 7) is 5.40. The van der Waals surface area contributed by atoms with Crippen LogP contribution in [-0.4, -0.2) is 82.0 Å². The summed E-state index contributed by atoms with van der Waals surface area (Å²) in [6, 6.07) is 7.89. The van der Waals surface area contributed by atoms with Gasteiger partial charge < -0.3 is 19.7 Å². The maximum absolute atomic E-state index is 12.6. The molecule has 0 radical (unpaired) electrons. The van der Waals surface area contributed by atoms with Gasteiger partial charge in [0.05, 0.1) is 24.1 Å². The lowest BCUT2D eigenvalue weighted by molar-refractivity contribution is -0.133. The van der Waals surface area contributed by atoms with E-state index in [-0.39, 0.29) is 11.9 Å². The van der Waals surface area contributed by atoms with Gasteiger partial charge in [0.1, 0.15) is 5.82 Å². The summed E-state index contributed by atoms with van der Waals surface area (Å²) < 4.78 is 2.01. The topological polar surface area (TPSA) is 73.7 Å². The first-order valence-electron chi connectivity index (χ1n) is 10.5. The highest BCUT2D eigenvalue weighted by Gasteiger charge is 2.25. The third-order valence-corrected chi connectivity index (χ3v) is 6.00. The number of piperazine rings is 1. The first-order chi connectivity index (χ1) is 14.1. The van der Waals surface area contributed by atoms with Crippen LogP contribution in [0.5, 0.6) is 0 Å². The number of hydrogen-bond acceptors (Lipinski definition) is 4. The van der Waals surface area contributed by atoms with Gasteiger partial charge in [0.2, 0.25) is 5.91 Å². The summed E-state index contributed by atoms with van der Waals surface area (Å²) in [5, 5.41) is 2.99. The molecule has 0 aliphatic carbocycles. The molecule has 1 aromatic heterocycles. The fourth-order valence-corrected chi connectivity index (χ4v) is 4.16. The number of likely N-dealkylation sites (tertiary alicyclic amines) is 1. The molecule has 0 atom stereocenters. The SMILES string of the molecule is Cn1c(CNC(=O)N2CCN(CC(=O)N3CCCCC3)CC2)nc2ccccc21. The Kier molecular flexibility index (Phi) is 5.99. The Balaban J connectivity index is 1.23. The molecule has 0 spiro atoms. The Morgan fingerprint density at radius 2 is 1.69 bits per heavy atom. The number of imidazole rings is 1. The minimum Gasteiger partial charge on any atom is -0.342 e. The molecule has 2 aliphatic heterocycles. The lowest BCUT2D eigenvalue weighted by Gasteiger charge is -2.36. The van der Waals surface area contributed by atoms with Crippen molar-refractivity contribution in [2.75, 3.05) is 45.8 Å². The smallest absolute Gasteiger partial charge is 0.317 e. The molecule has 2 aromatic rings. The first kappa shape index (κ1) is 19.7. The van der Waals surface area contributed by atoms with Crippen molar-refractivity contribution in [2.45, 2.75) is 25.8 Å². The number of benzene rings is 1. The minimum atomic E-state index is -0.0703. The Morgan fingerprint density at radius 3 is 2.41 bits per heavy atom. The second-order valence-corrected chi connectivity index (χ2v) is 7.94. The van der Waals surface area contributed by atoms with Crippen molar-refractivity contribution in [1.82, 2.24) is 29.6 Å². The molecule has 1 N–H and O–H groups in total. The zero-order valence-corrected chi connectivity index (χ0v) is 17.1. The van der Waals surface area contributed by atoms with Crippen molar-refractivity contribution in [1.29, 1.82) is 0 Å². The van der Waals surface area contributed by atoms with Crippen molar-refractivity contribution >= 4 is 23.0 Å². The highest BCUT2D eigenvalue weighted by molar-refractivity contribution is 5.79. The molecule has 2 aliphatic rings. The van der Waals surface area contributed by atoms with Crippen LogP contribution in [0.25, 0.3) is 11.0 Å². The minimum absolute atomic E-state index is 0.0703. The number of aryl methyl sites for hydroxylation is 1. The van der Waals surface area contributed by atoms with Crippen LogP contribution in [0.2, 0.25) is 0 Å². The van der Waals surface area contributed by atoms with Crippen LogP contribution in [-0.2, 0) is 18.4 Å². The van der Waals surface area contributed by atoms with E-state index in [1.165, 1.54) is 6.42 Å². The van der Waals surface area contributed by atoms with Crippen molar-refractivity contribution in [3.8, 4) is 0 Å². The Labute approximate surface area is 171 Å². The normalized spacial score (nSPS) is 18.2. The predicted octanol–water partition coefficient (Wildman–Crippen LogP) is 1.41. The molecule has 3 heterocycles. The fourth-order valence-electron chi connectivity index (χ4n) is 4.16. The molecule has 0 saturated carbocycles. The van der Waals surface area contributed by atoms with E-state index in [9.17, 15) is 9.59 Å². The van der Waals surface area contributed by atoms with Crippen LogP contribution < -0.4 is 5.32 Å². The zero-order valence-electron chi connectivity index (χ0n) is 17.1. The van der Waals surface area contributed by atoms with Crippen LogP contribution >= 0.6 is 0 Å². The number of aromatic nitrogens is 2. The molecule has 0 bridgehead atoms. The average molecular weight is 399 g/mol. The summed E-state index contributed by atoms with van der Waals surface area (Å²) in [6.07, 6.45) is 3.46. The van der Waals surface area contributed by atoms with E-state index in [0.29, 0.717) is 26.2 Å². The van der Waals surface area contributed by atoms with E-state index < -0.39 is 0 Å². The monoisotopic (exact) mass is 398 g/mol. The van der Waals surface area contributed by atoms with E-state index in [1.54, 1.807) is 0 Å². The second kappa shape index (κ2) is 8.82. The molecule has 3 amide bonds. The predicted molar refractivity (Wildman–Crippen MR) is 111 cm³/mol. The van der Waals surface area contributed by atoms with Gasteiger partial charge in [-0.1, -0.05) is 12.1 Å².